The Morgan fingerprint density at radius 3 is 1.69 bits per heavy atom. The molecule has 1 N–H and O–H groups in total. The summed E-state index contributed by atoms with van der Waals surface area (Å²) in [5.41, 5.74) is 8.48. The molecule has 0 aliphatic carbocycles. The van der Waals surface area contributed by atoms with Gasteiger partial charge in [-0.1, -0.05) is 164 Å². The predicted molar refractivity (Wildman–Crippen MR) is 209 cm³/mol. The van der Waals surface area contributed by atoms with Crippen LogP contribution in [0.4, 0.5) is 0 Å². The monoisotopic (exact) mass is 653 g/mol. The Hall–Kier alpha value is -6.91. The highest BCUT2D eigenvalue weighted by atomic mass is 16.3. The lowest BCUT2D eigenvalue weighted by Gasteiger charge is -2.15. The van der Waals surface area contributed by atoms with Crippen molar-refractivity contribution in [2.45, 2.75) is 0 Å². The SMILES string of the molecule is Oc1cccc(-c2nc(-c3ccccc3)nc(-c3ccc(-c4ccc5ccccc5c4)cc3)n2)c1-c1cccc(-c2cccc3ccccc23)c1. The molecule has 4 nitrogen and oxygen atoms in total. The molecule has 0 aliphatic heterocycles. The molecule has 1 heterocycles. The fourth-order valence-corrected chi connectivity index (χ4v) is 6.87. The number of nitrogens with zero attached hydrogens (tertiary/aromatic N) is 3. The molecule has 51 heavy (non-hydrogen) atoms. The maximum atomic E-state index is 11.4. The van der Waals surface area contributed by atoms with E-state index in [1.54, 1.807) is 6.07 Å². The van der Waals surface area contributed by atoms with Crippen LogP contribution in [0.5, 0.6) is 5.75 Å². The molecule has 9 aromatic rings. The molecule has 0 atom stereocenters. The minimum Gasteiger partial charge on any atom is -0.507 e. The summed E-state index contributed by atoms with van der Waals surface area (Å²) in [5, 5.41) is 16.2. The fourth-order valence-electron chi connectivity index (χ4n) is 6.87. The van der Waals surface area contributed by atoms with Crippen molar-refractivity contribution in [2.24, 2.45) is 0 Å². The fraction of sp³-hybridized carbons (Fsp3) is 0. The van der Waals surface area contributed by atoms with Gasteiger partial charge in [0.2, 0.25) is 0 Å². The van der Waals surface area contributed by atoms with Gasteiger partial charge in [0, 0.05) is 22.3 Å². The van der Waals surface area contributed by atoms with E-state index in [-0.39, 0.29) is 5.75 Å². The molecule has 4 heteroatoms. The largest absolute Gasteiger partial charge is 0.507 e. The molecule has 240 valence electrons. The van der Waals surface area contributed by atoms with Crippen LogP contribution in [-0.4, -0.2) is 20.1 Å². The first-order chi connectivity index (χ1) is 25.2. The maximum Gasteiger partial charge on any atom is 0.164 e. The Labute approximate surface area is 296 Å². The lowest BCUT2D eigenvalue weighted by molar-refractivity contribution is 0.477. The number of aromatic hydroxyl groups is 1. The Bertz CT molecular complexity index is 2700. The summed E-state index contributed by atoms with van der Waals surface area (Å²) in [4.78, 5) is 15.0. The molecule has 0 aliphatic rings. The zero-order valence-electron chi connectivity index (χ0n) is 27.6. The van der Waals surface area contributed by atoms with E-state index in [4.69, 9.17) is 15.0 Å². The zero-order chi connectivity index (χ0) is 34.1. The zero-order valence-corrected chi connectivity index (χ0v) is 27.6. The second-order valence-electron chi connectivity index (χ2n) is 12.6. The molecule has 0 unspecified atom stereocenters. The number of hydrogen-bond acceptors (Lipinski definition) is 4. The van der Waals surface area contributed by atoms with Crippen molar-refractivity contribution < 1.29 is 5.11 Å². The average molecular weight is 654 g/mol. The molecule has 8 aromatic carbocycles. The average Bonchev–Trinajstić information content (AvgIpc) is 3.20. The first kappa shape index (κ1) is 30.2. The molecule has 1 aromatic heterocycles. The highest BCUT2D eigenvalue weighted by molar-refractivity contribution is 5.98. The van der Waals surface area contributed by atoms with E-state index in [0.717, 1.165) is 44.5 Å². The molecule has 9 rings (SSSR count). The first-order valence-corrected chi connectivity index (χ1v) is 17.0. The summed E-state index contributed by atoms with van der Waals surface area (Å²) in [6, 6.07) is 61.8. The van der Waals surface area contributed by atoms with Crippen molar-refractivity contribution in [1.29, 1.82) is 0 Å². The number of phenolic OH excluding ortho intramolecular Hbond substituents is 1. The van der Waals surface area contributed by atoms with Gasteiger partial charge in [0.15, 0.2) is 17.5 Å². The molecule has 0 saturated heterocycles. The summed E-state index contributed by atoms with van der Waals surface area (Å²) in [7, 11) is 0. The van der Waals surface area contributed by atoms with Crippen molar-refractivity contribution in [3.63, 3.8) is 0 Å². The molecule has 0 fully saturated rings. The van der Waals surface area contributed by atoms with Gasteiger partial charge in [-0.05, 0) is 67.6 Å². The number of fused-ring (bicyclic) bond motifs is 2. The molecule has 0 saturated carbocycles. The summed E-state index contributed by atoms with van der Waals surface area (Å²) in [5.74, 6) is 1.76. The highest BCUT2D eigenvalue weighted by Crippen LogP contribution is 2.40. The van der Waals surface area contributed by atoms with Crippen molar-refractivity contribution in [3.8, 4) is 73.3 Å². The number of rotatable bonds is 6. The minimum atomic E-state index is 0.158. The van der Waals surface area contributed by atoms with Crippen LogP contribution < -0.4 is 0 Å². The van der Waals surface area contributed by atoms with Crippen LogP contribution in [0, 0.1) is 0 Å². The van der Waals surface area contributed by atoms with Crippen LogP contribution >= 0.6 is 0 Å². The van der Waals surface area contributed by atoms with Crippen molar-refractivity contribution in [1.82, 2.24) is 15.0 Å². The molecule has 0 radical (unpaired) electrons. The molecular weight excluding hydrogens is 623 g/mol. The number of benzene rings is 8. The Morgan fingerprint density at radius 2 is 0.863 bits per heavy atom. The molecule has 0 spiro atoms. The van der Waals surface area contributed by atoms with Crippen molar-refractivity contribution >= 4 is 21.5 Å². The van der Waals surface area contributed by atoms with Crippen molar-refractivity contribution in [3.05, 3.63) is 182 Å². The van der Waals surface area contributed by atoms with Gasteiger partial charge in [0.05, 0.1) is 0 Å². The molecular formula is C47H31N3O. The van der Waals surface area contributed by atoms with Gasteiger partial charge >= 0.3 is 0 Å². The second-order valence-corrected chi connectivity index (χ2v) is 12.6. The van der Waals surface area contributed by atoms with Gasteiger partial charge in [-0.15, -0.1) is 0 Å². The highest BCUT2D eigenvalue weighted by Gasteiger charge is 2.19. The summed E-state index contributed by atoms with van der Waals surface area (Å²) >= 11 is 0. The second kappa shape index (κ2) is 12.8. The number of aromatic nitrogens is 3. The maximum absolute atomic E-state index is 11.4. The third-order valence-electron chi connectivity index (χ3n) is 9.43. The van der Waals surface area contributed by atoms with Gasteiger partial charge in [-0.25, -0.2) is 15.0 Å². The van der Waals surface area contributed by atoms with Crippen LogP contribution in [-0.2, 0) is 0 Å². The van der Waals surface area contributed by atoms with E-state index in [1.165, 1.54) is 21.5 Å². The Kier molecular flexibility index (Phi) is 7.60. The van der Waals surface area contributed by atoms with Crippen molar-refractivity contribution in [2.75, 3.05) is 0 Å². The van der Waals surface area contributed by atoms with E-state index < -0.39 is 0 Å². The number of hydrogen-bond donors (Lipinski definition) is 1. The van der Waals surface area contributed by atoms with Gasteiger partial charge in [-0.3, -0.25) is 0 Å². The lowest BCUT2D eigenvalue weighted by Crippen LogP contribution is -2.01. The van der Waals surface area contributed by atoms with E-state index in [2.05, 4.69) is 121 Å². The van der Waals surface area contributed by atoms with Crippen LogP contribution in [0.2, 0.25) is 0 Å². The number of phenols is 1. The Morgan fingerprint density at radius 1 is 0.314 bits per heavy atom. The van der Waals surface area contributed by atoms with E-state index in [1.807, 2.05) is 54.6 Å². The van der Waals surface area contributed by atoms with Crippen LogP contribution in [0.25, 0.3) is 89.1 Å². The van der Waals surface area contributed by atoms with Gasteiger partial charge in [0.25, 0.3) is 0 Å². The first-order valence-electron chi connectivity index (χ1n) is 17.0. The van der Waals surface area contributed by atoms with Crippen LogP contribution in [0.15, 0.2) is 182 Å². The summed E-state index contributed by atoms with van der Waals surface area (Å²) < 4.78 is 0. The van der Waals surface area contributed by atoms with Crippen LogP contribution in [0.3, 0.4) is 0 Å². The molecule has 0 bridgehead atoms. The summed E-state index contributed by atoms with van der Waals surface area (Å²) in [6.45, 7) is 0. The standard InChI is InChI=1S/C47H31N3O/c51-43-22-10-21-42(44(43)39-18-8-17-38(30-39)41-20-9-16-33-12-6-7-19-40(33)41)47-49-45(34-13-2-1-3-14-34)48-46(50-47)35-26-23-32(24-27-35)37-28-25-31-11-4-5-15-36(31)29-37/h1-30,51H. The minimum absolute atomic E-state index is 0.158. The Balaban J connectivity index is 1.16. The van der Waals surface area contributed by atoms with Gasteiger partial charge in [-0.2, -0.15) is 0 Å². The molecule has 0 amide bonds. The third kappa shape index (κ3) is 5.79. The topological polar surface area (TPSA) is 58.9 Å². The van der Waals surface area contributed by atoms with Gasteiger partial charge < -0.3 is 5.11 Å². The van der Waals surface area contributed by atoms with E-state index >= 15 is 0 Å². The smallest absolute Gasteiger partial charge is 0.164 e. The lowest BCUT2D eigenvalue weighted by atomic mass is 9.93. The van der Waals surface area contributed by atoms with E-state index in [9.17, 15) is 5.11 Å². The van der Waals surface area contributed by atoms with Gasteiger partial charge in [0.1, 0.15) is 5.75 Å². The summed E-state index contributed by atoms with van der Waals surface area (Å²) in [6.07, 6.45) is 0. The van der Waals surface area contributed by atoms with E-state index in [0.29, 0.717) is 23.0 Å². The van der Waals surface area contributed by atoms with Crippen LogP contribution in [0.1, 0.15) is 0 Å². The quantitative estimate of drug-likeness (QED) is 0.194. The predicted octanol–water partition coefficient (Wildman–Crippen LogP) is 11.9. The third-order valence-corrected chi connectivity index (χ3v) is 9.43. The normalized spacial score (nSPS) is 11.2.